The summed E-state index contributed by atoms with van der Waals surface area (Å²) in [7, 11) is 2.06. The molecule has 0 radical (unpaired) electrons. The molecule has 0 spiro atoms. The van der Waals surface area contributed by atoms with Gasteiger partial charge in [0.1, 0.15) is 5.69 Å². The molecule has 0 amide bonds. The molecule has 0 unspecified atom stereocenters. The van der Waals surface area contributed by atoms with Crippen LogP contribution in [-0.4, -0.2) is 19.5 Å². The predicted molar refractivity (Wildman–Crippen MR) is 286 cm³/mol. The molecule has 0 saturated carbocycles. The van der Waals surface area contributed by atoms with Crippen LogP contribution in [0.4, 0.5) is 0 Å². The molecule has 4 aromatic heterocycles. The van der Waals surface area contributed by atoms with E-state index >= 15 is 0 Å². The zero-order valence-corrected chi connectivity index (χ0v) is 43.3. The molecule has 0 saturated heterocycles. The summed E-state index contributed by atoms with van der Waals surface area (Å²) in [5, 5.41) is 0. The molecule has 2 aliphatic rings. The standard InChI is InChI=1S/C62H62N6.Ni/c1-59(2,3)41-22-14-37(15-23-41)51-45-30-31-46(64-45)52(38-16-24-42(25-17-38)60(4,5)6)48-33-35-50(66-48)54(40-20-28-44(29-21-40)62(10,11)12)56-58-57(63-36-68(58)13)55(67-56)53(49-34-32-47(51)65-49)39-18-26-43(27-19-39)61(7,8)9;/h14-36H,1-13H3;/q-2;+2. The third-order valence-electron chi connectivity index (χ3n) is 13.7. The smallest absolute Gasteiger partial charge is 0.657 e. The van der Waals surface area contributed by atoms with Gasteiger partial charge in [0.2, 0.25) is 0 Å². The largest absolute Gasteiger partial charge is 2.00 e. The maximum absolute atomic E-state index is 5.73. The first-order valence-electron chi connectivity index (χ1n) is 24.0. The maximum atomic E-state index is 5.73. The van der Waals surface area contributed by atoms with E-state index in [4.69, 9.17) is 24.9 Å². The van der Waals surface area contributed by atoms with Crippen LogP contribution in [0.5, 0.6) is 0 Å². The second-order valence-corrected chi connectivity index (χ2v) is 22.8. The van der Waals surface area contributed by atoms with Crippen LogP contribution in [0.25, 0.3) is 102 Å². The van der Waals surface area contributed by atoms with Crippen LogP contribution in [0.1, 0.15) is 117 Å². The summed E-state index contributed by atoms with van der Waals surface area (Å²) >= 11 is 0. The van der Waals surface area contributed by atoms with Gasteiger partial charge in [-0.05, 0) is 101 Å². The van der Waals surface area contributed by atoms with E-state index in [9.17, 15) is 0 Å². The second kappa shape index (κ2) is 17.1. The summed E-state index contributed by atoms with van der Waals surface area (Å²) in [5.74, 6) is 0. The van der Waals surface area contributed by atoms with Crippen molar-refractivity contribution in [2.24, 2.45) is 7.05 Å². The summed E-state index contributed by atoms with van der Waals surface area (Å²) in [6.07, 6.45) is 6.20. The molecule has 10 rings (SSSR count). The van der Waals surface area contributed by atoms with Gasteiger partial charge in [-0.3, -0.25) is 0 Å². The van der Waals surface area contributed by atoms with Crippen LogP contribution in [0.2, 0.25) is 0 Å². The maximum Gasteiger partial charge on any atom is 2.00 e. The zero-order chi connectivity index (χ0) is 48.1. The Balaban J connectivity index is 0.00000593. The third kappa shape index (κ3) is 8.76. The summed E-state index contributed by atoms with van der Waals surface area (Å²) in [5.41, 5.74) is 21.3. The number of nitrogens with zero attached hydrogens (tertiary/aromatic N) is 6. The Morgan fingerprint density at radius 3 is 1.00 bits per heavy atom. The second-order valence-electron chi connectivity index (χ2n) is 22.8. The van der Waals surface area contributed by atoms with Crippen molar-refractivity contribution in [3.8, 4) is 67.3 Å². The van der Waals surface area contributed by atoms with E-state index in [2.05, 4.69) is 228 Å². The van der Waals surface area contributed by atoms with Crippen molar-refractivity contribution >= 4 is 34.2 Å². The fraction of sp³-hybridized carbons (Fsp3) is 0.274. The number of fused-ring (bicyclic) bond motifs is 11. The first kappa shape index (κ1) is 47.5. The van der Waals surface area contributed by atoms with Gasteiger partial charge < -0.3 is 14.5 Å². The van der Waals surface area contributed by atoms with Crippen molar-refractivity contribution in [3.63, 3.8) is 0 Å². The molecule has 7 heteroatoms. The number of rotatable bonds is 4. The zero-order valence-electron chi connectivity index (χ0n) is 42.3. The fourth-order valence-electron chi connectivity index (χ4n) is 9.58. The van der Waals surface area contributed by atoms with Crippen molar-refractivity contribution in [1.82, 2.24) is 29.5 Å². The third-order valence-corrected chi connectivity index (χ3v) is 13.7. The van der Waals surface area contributed by atoms with Crippen molar-refractivity contribution in [2.75, 3.05) is 0 Å². The van der Waals surface area contributed by atoms with E-state index in [0.29, 0.717) is 0 Å². The molecule has 0 fully saturated rings. The number of imidazole rings is 1. The summed E-state index contributed by atoms with van der Waals surface area (Å²) in [4.78, 5) is 27.6. The van der Waals surface area contributed by atoms with Crippen molar-refractivity contribution in [3.05, 3.63) is 161 Å². The Labute approximate surface area is 418 Å². The van der Waals surface area contributed by atoms with Gasteiger partial charge in [-0.2, -0.15) is 0 Å². The molecular formula is C62H62N6Ni. The molecular weight excluding hydrogens is 887 g/mol. The Hall–Kier alpha value is -6.56. The van der Waals surface area contributed by atoms with Crippen LogP contribution in [0.3, 0.4) is 0 Å². The normalized spacial score (nSPS) is 12.8. The monoisotopic (exact) mass is 948 g/mol. The average Bonchev–Trinajstić information content (AvgIpc) is 4.15. The predicted octanol–water partition coefficient (Wildman–Crippen LogP) is 15.7. The SMILES string of the molecule is Cn1cnc2c1-c1nc-2c(-c2ccc(C(C)(C)C)cc2)c2ccc([n-]2)c(-c2ccc(C(C)(C)C)cc2)c2nc(c(-c3ccc(C(C)(C)C)cc3)c3ccc([n-]3)c1-c1ccc(C(C)(C)C)cc1)C=C2.[Ni+2]. The van der Waals surface area contributed by atoms with E-state index in [0.717, 1.165) is 101 Å². The molecule has 69 heavy (non-hydrogen) atoms. The quantitative estimate of drug-likeness (QED) is 0.164. The first-order chi connectivity index (χ1) is 32.1. The number of aromatic nitrogens is 6. The van der Waals surface area contributed by atoms with Crippen LogP contribution in [0.15, 0.2) is 128 Å². The molecule has 2 aliphatic heterocycles. The minimum Gasteiger partial charge on any atom is -0.657 e. The number of aryl methyl sites for hydroxylation is 1. The Morgan fingerprint density at radius 1 is 0.362 bits per heavy atom. The van der Waals surface area contributed by atoms with Crippen LogP contribution in [0, 0.1) is 0 Å². The average molecular weight is 950 g/mol. The van der Waals surface area contributed by atoms with Crippen LogP contribution >= 0.6 is 0 Å². The molecule has 0 atom stereocenters. The topological polar surface area (TPSA) is 71.8 Å². The molecule has 4 aromatic carbocycles. The Bertz CT molecular complexity index is 3440. The van der Waals surface area contributed by atoms with Gasteiger partial charge in [0.05, 0.1) is 34.8 Å². The van der Waals surface area contributed by atoms with E-state index < -0.39 is 0 Å². The van der Waals surface area contributed by atoms with Gasteiger partial charge in [-0.1, -0.05) is 204 Å². The molecule has 350 valence electrons. The summed E-state index contributed by atoms with van der Waals surface area (Å²) < 4.78 is 2.10. The molecule has 6 nitrogen and oxygen atoms in total. The molecule has 8 bridgehead atoms. The van der Waals surface area contributed by atoms with Crippen molar-refractivity contribution in [1.29, 1.82) is 0 Å². The number of hydrogen-bond acceptors (Lipinski definition) is 3. The molecule has 6 heterocycles. The van der Waals surface area contributed by atoms with Gasteiger partial charge in [-0.15, -0.1) is 22.1 Å². The van der Waals surface area contributed by atoms with Gasteiger partial charge >= 0.3 is 16.5 Å². The van der Waals surface area contributed by atoms with Gasteiger partial charge in [0.15, 0.2) is 0 Å². The van der Waals surface area contributed by atoms with Gasteiger partial charge in [-0.25, -0.2) is 15.0 Å². The van der Waals surface area contributed by atoms with E-state index in [1.54, 1.807) is 0 Å². The Morgan fingerprint density at radius 2 is 0.667 bits per heavy atom. The minimum absolute atomic E-state index is 0. The van der Waals surface area contributed by atoms with Crippen molar-refractivity contribution < 1.29 is 16.5 Å². The summed E-state index contributed by atoms with van der Waals surface area (Å²) in [6, 6.07) is 44.3. The molecule has 8 aromatic rings. The van der Waals surface area contributed by atoms with E-state index in [-0.39, 0.29) is 38.2 Å². The first-order valence-corrected chi connectivity index (χ1v) is 24.0. The van der Waals surface area contributed by atoms with E-state index in [1.165, 1.54) is 22.3 Å². The van der Waals surface area contributed by atoms with Gasteiger partial charge in [0, 0.05) is 7.05 Å². The fourth-order valence-corrected chi connectivity index (χ4v) is 9.58. The van der Waals surface area contributed by atoms with Gasteiger partial charge in [0.25, 0.3) is 0 Å². The minimum atomic E-state index is -0.0157. The molecule has 0 aliphatic carbocycles. The number of hydrogen-bond donors (Lipinski definition) is 0. The number of benzene rings is 4. The molecule has 0 N–H and O–H groups in total. The Kier molecular flexibility index (Phi) is 11.8. The van der Waals surface area contributed by atoms with Crippen LogP contribution in [-0.2, 0) is 45.2 Å². The van der Waals surface area contributed by atoms with Crippen LogP contribution < -0.4 is 9.97 Å². The summed E-state index contributed by atoms with van der Waals surface area (Å²) in [6.45, 7) is 27.0. The van der Waals surface area contributed by atoms with Crippen molar-refractivity contribution in [2.45, 2.75) is 105 Å². The van der Waals surface area contributed by atoms with E-state index in [1.807, 2.05) is 6.33 Å².